The predicted molar refractivity (Wildman–Crippen MR) is 93.9 cm³/mol. The van der Waals surface area contributed by atoms with Gasteiger partial charge in [0.1, 0.15) is 0 Å². The predicted octanol–water partition coefficient (Wildman–Crippen LogP) is 4.90. The zero-order valence-corrected chi connectivity index (χ0v) is 12.9. The Morgan fingerprint density at radius 1 is 0.708 bits per heavy atom. The Kier molecular flexibility index (Phi) is 3.50. The summed E-state index contributed by atoms with van der Waals surface area (Å²) in [4.78, 5) is 12.8. The van der Waals surface area contributed by atoms with Crippen molar-refractivity contribution in [2.24, 2.45) is 0 Å². The van der Waals surface area contributed by atoms with Crippen molar-refractivity contribution in [3.05, 3.63) is 106 Å². The van der Waals surface area contributed by atoms with Gasteiger partial charge in [0.25, 0.3) is 5.69 Å². The number of anilines is 1. The van der Waals surface area contributed by atoms with Gasteiger partial charge in [-0.15, -0.1) is 0 Å². The third kappa shape index (κ3) is 2.52. The number of non-ortho nitro benzene ring substituents is 1. The highest BCUT2D eigenvalue weighted by Gasteiger charge is 2.49. The highest BCUT2D eigenvalue weighted by Crippen LogP contribution is 2.56. The Balaban J connectivity index is 1.70. The molecule has 0 N–H and O–H groups in total. The van der Waals surface area contributed by atoms with Crippen LogP contribution < -0.4 is 4.90 Å². The molecule has 4 heteroatoms. The van der Waals surface area contributed by atoms with Crippen LogP contribution >= 0.6 is 0 Å². The number of benzene rings is 3. The van der Waals surface area contributed by atoms with Gasteiger partial charge in [0.05, 0.1) is 17.0 Å². The standard InChI is InChI=1S/C20H16N2O2/c23-22(24)18-13-11-16(12-14-18)20-19(15-7-3-1-4-8-15)21(20)17-9-5-2-6-10-17/h1-14,19-20H/t19-,20+,21?/m0/s1. The van der Waals surface area contributed by atoms with Crippen LogP contribution in [-0.2, 0) is 0 Å². The molecule has 0 radical (unpaired) electrons. The average Bonchev–Trinajstić information content (AvgIpc) is 3.39. The molecule has 2 atom stereocenters. The first-order valence-electron chi connectivity index (χ1n) is 7.88. The minimum absolute atomic E-state index is 0.127. The Hall–Kier alpha value is -3.14. The van der Waals surface area contributed by atoms with Gasteiger partial charge in [-0.25, -0.2) is 0 Å². The summed E-state index contributed by atoms with van der Waals surface area (Å²) in [6, 6.07) is 28.0. The molecule has 0 aromatic heterocycles. The second-order valence-corrected chi connectivity index (χ2v) is 5.89. The zero-order chi connectivity index (χ0) is 16.5. The summed E-state index contributed by atoms with van der Waals surface area (Å²) in [7, 11) is 0. The van der Waals surface area contributed by atoms with Crippen LogP contribution in [0.5, 0.6) is 0 Å². The second kappa shape index (κ2) is 5.81. The normalized spacial score (nSPS) is 19.1. The highest BCUT2D eigenvalue weighted by molar-refractivity contribution is 5.61. The number of hydrogen-bond acceptors (Lipinski definition) is 3. The molecule has 0 bridgehead atoms. The van der Waals surface area contributed by atoms with Gasteiger partial charge in [-0.05, 0) is 23.3 Å². The van der Waals surface area contributed by atoms with Crippen molar-refractivity contribution < 1.29 is 4.92 Å². The second-order valence-electron chi connectivity index (χ2n) is 5.89. The molecule has 0 unspecified atom stereocenters. The molecule has 0 aliphatic carbocycles. The van der Waals surface area contributed by atoms with Gasteiger partial charge >= 0.3 is 0 Å². The summed E-state index contributed by atoms with van der Waals surface area (Å²) >= 11 is 0. The van der Waals surface area contributed by atoms with Crippen LogP contribution in [-0.4, -0.2) is 4.92 Å². The average molecular weight is 316 g/mol. The van der Waals surface area contributed by atoms with Crippen molar-refractivity contribution in [3.8, 4) is 0 Å². The SMILES string of the molecule is O=[N+]([O-])c1ccc([C@@H]2[C@H](c3ccccc3)N2c2ccccc2)cc1. The van der Waals surface area contributed by atoms with Crippen LogP contribution in [0.3, 0.4) is 0 Å². The summed E-state index contributed by atoms with van der Waals surface area (Å²) in [5, 5.41) is 10.9. The lowest BCUT2D eigenvalue weighted by molar-refractivity contribution is -0.384. The molecule has 0 amide bonds. The number of hydrogen-bond donors (Lipinski definition) is 0. The van der Waals surface area contributed by atoms with Crippen molar-refractivity contribution in [3.63, 3.8) is 0 Å². The van der Waals surface area contributed by atoms with Crippen molar-refractivity contribution in [1.29, 1.82) is 0 Å². The van der Waals surface area contributed by atoms with Crippen LogP contribution in [0, 0.1) is 10.1 Å². The summed E-state index contributed by atoms with van der Waals surface area (Å²) < 4.78 is 0. The summed E-state index contributed by atoms with van der Waals surface area (Å²) in [5.74, 6) is 0. The van der Waals surface area contributed by atoms with E-state index < -0.39 is 0 Å². The lowest BCUT2D eigenvalue weighted by Gasteiger charge is -2.06. The lowest BCUT2D eigenvalue weighted by atomic mass is 10.0. The Morgan fingerprint density at radius 2 is 1.21 bits per heavy atom. The molecule has 4 rings (SSSR count). The smallest absolute Gasteiger partial charge is 0.269 e. The molecule has 118 valence electrons. The van der Waals surface area contributed by atoms with E-state index in [-0.39, 0.29) is 22.7 Å². The third-order valence-corrected chi connectivity index (χ3v) is 4.45. The topological polar surface area (TPSA) is 46.1 Å². The van der Waals surface area contributed by atoms with Gasteiger partial charge in [0, 0.05) is 17.8 Å². The van der Waals surface area contributed by atoms with Crippen LogP contribution in [0.2, 0.25) is 0 Å². The molecule has 1 heterocycles. The summed E-state index contributed by atoms with van der Waals surface area (Å²) in [5.41, 5.74) is 3.64. The fraction of sp³-hybridized carbons (Fsp3) is 0.100. The molecule has 3 aromatic rings. The van der Waals surface area contributed by atoms with Crippen LogP contribution in [0.1, 0.15) is 23.2 Å². The van der Waals surface area contributed by atoms with Gasteiger partial charge in [0.15, 0.2) is 0 Å². The first-order valence-corrected chi connectivity index (χ1v) is 7.88. The maximum Gasteiger partial charge on any atom is 0.269 e. The monoisotopic (exact) mass is 316 g/mol. The van der Waals surface area contributed by atoms with Gasteiger partial charge in [0.2, 0.25) is 0 Å². The van der Waals surface area contributed by atoms with E-state index in [0.717, 1.165) is 11.3 Å². The van der Waals surface area contributed by atoms with E-state index in [2.05, 4.69) is 29.2 Å². The molecule has 1 saturated heterocycles. The number of nitrogens with zero attached hydrogens (tertiary/aromatic N) is 2. The maximum absolute atomic E-state index is 10.9. The molecule has 1 fully saturated rings. The number of rotatable bonds is 4. The first-order chi connectivity index (χ1) is 11.8. The van der Waals surface area contributed by atoms with Crippen LogP contribution in [0.15, 0.2) is 84.9 Å². The van der Waals surface area contributed by atoms with E-state index in [1.54, 1.807) is 12.1 Å². The van der Waals surface area contributed by atoms with Crippen molar-refractivity contribution in [2.45, 2.75) is 12.1 Å². The number of para-hydroxylation sites is 1. The van der Waals surface area contributed by atoms with Crippen LogP contribution in [0.4, 0.5) is 11.4 Å². The lowest BCUT2D eigenvalue weighted by Crippen LogP contribution is -1.95. The third-order valence-electron chi connectivity index (χ3n) is 4.45. The maximum atomic E-state index is 10.9. The van der Waals surface area contributed by atoms with E-state index in [1.165, 1.54) is 5.56 Å². The molecule has 24 heavy (non-hydrogen) atoms. The zero-order valence-electron chi connectivity index (χ0n) is 12.9. The minimum atomic E-state index is -0.361. The van der Waals surface area contributed by atoms with Gasteiger partial charge in [-0.3, -0.25) is 10.1 Å². The Bertz CT molecular complexity index is 802. The van der Waals surface area contributed by atoms with Crippen molar-refractivity contribution >= 4 is 11.4 Å². The van der Waals surface area contributed by atoms with E-state index in [9.17, 15) is 10.1 Å². The highest BCUT2D eigenvalue weighted by atomic mass is 16.6. The van der Waals surface area contributed by atoms with Gasteiger partial charge < -0.3 is 4.90 Å². The van der Waals surface area contributed by atoms with E-state index in [0.29, 0.717) is 0 Å². The number of nitro groups is 1. The molecule has 4 nitrogen and oxygen atoms in total. The summed E-state index contributed by atoms with van der Waals surface area (Å²) in [6.07, 6.45) is 0. The Morgan fingerprint density at radius 3 is 1.75 bits per heavy atom. The summed E-state index contributed by atoms with van der Waals surface area (Å²) in [6.45, 7) is 0. The minimum Gasteiger partial charge on any atom is -0.353 e. The molecule has 0 saturated carbocycles. The molecule has 1 aliphatic heterocycles. The fourth-order valence-corrected chi connectivity index (χ4v) is 3.28. The van der Waals surface area contributed by atoms with Crippen molar-refractivity contribution in [1.82, 2.24) is 0 Å². The van der Waals surface area contributed by atoms with E-state index in [4.69, 9.17) is 0 Å². The molecular weight excluding hydrogens is 300 g/mol. The quantitative estimate of drug-likeness (QED) is 0.391. The van der Waals surface area contributed by atoms with Gasteiger partial charge in [-0.2, -0.15) is 0 Å². The van der Waals surface area contributed by atoms with E-state index in [1.807, 2.05) is 48.5 Å². The molecular formula is C20H16N2O2. The Labute approximate surface area is 140 Å². The number of nitro benzene ring substituents is 1. The van der Waals surface area contributed by atoms with Crippen LogP contribution in [0.25, 0.3) is 0 Å². The first kappa shape index (κ1) is 14.5. The largest absolute Gasteiger partial charge is 0.353 e. The fourth-order valence-electron chi connectivity index (χ4n) is 3.28. The van der Waals surface area contributed by atoms with E-state index >= 15 is 0 Å². The van der Waals surface area contributed by atoms with Crippen molar-refractivity contribution in [2.75, 3.05) is 4.90 Å². The molecule has 1 aliphatic rings. The molecule has 3 aromatic carbocycles. The van der Waals surface area contributed by atoms with Gasteiger partial charge in [-0.1, -0.05) is 60.7 Å². The molecule has 0 spiro atoms.